The van der Waals surface area contributed by atoms with Gasteiger partial charge in [-0.05, 0) is 18.2 Å². The highest BCUT2D eigenvalue weighted by molar-refractivity contribution is 6.60. The van der Waals surface area contributed by atoms with Crippen molar-refractivity contribution in [2.45, 2.75) is 6.92 Å². The number of nitriles is 1. The molecule has 128 valence electrons. The molecule has 0 aliphatic heterocycles. The average Bonchev–Trinajstić information content (AvgIpc) is 2.89. The highest BCUT2D eigenvalue weighted by Gasteiger charge is 2.25. The molecule has 0 saturated carbocycles. The molecule has 0 atom stereocenters. The van der Waals surface area contributed by atoms with Gasteiger partial charge in [-0.3, -0.25) is 4.79 Å². The average molecular weight is 342 g/mol. The number of nitrogens with two attached hydrogens (primary N) is 1. The highest BCUT2D eigenvalue weighted by atomic mass is 16.5. The zero-order valence-electron chi connectivity index (χ0n) is 13.5. The van der Waals surface area contributed by atoms with E-state index in [1.165, 1.54) is 35.9 Å². The van der Waals surface area contributed by atoms with E-state index < -0.39 is 13.1 Å². The molecule has 0 spiro atoms. The topological polar surface area (TPSA) is 151 Å². The molecule has 1 amide bonds. The third-order valence-electron chi connectivity index (χ3n) is 3.43. The van der Waals surface area contributed by atoms with Crippen LogP contribution in [-0.4, -0.2) is 40.7 Å². The van der Waals surface area contributed by atoms with Gasteiger partial charge in [-0.2, -0.15) is 5.26 Å². The largest absolute Gasteiger partial charge is 0.490 e. The van der Waals surface area contributed by atoms with E-state index in [-0.39, 0.29) is 34.0 Å². The molecule has 1 heterocycles. The summed E-state index contributed by atoms with van der Waals surface area (Å²) in [5.41, 5.74) is 6.18. The third-order valence-corrected chi connectivity index (χ3v) is 3.43. The SMILES string of the molecule is COC(=O)c1c(N)c(C#N)cn1-c1ccc(NC(C)=O)cc1B(O)O. The molecule has 9 nitrogen and oxygen atoms in total. The molecule has 10 heteroatoms. The molecule has 0 fully saturated rings. The summed E-state index contributed by atoms with van der Waals surface area (Å²) in [4.78, 5) is 23.2. The number of methoxy groups -OCH3 is 1. The van der Waals surface area contributed by atoms with Gasteiger partial charge in [0.05, 0.1) is 18.4 Å². The van der Waals surface area contributed by atoms with Crippen LogP contribution in [0.15, 0.2) is 24.4 Å². The first-order valence-electron chi connectivity index (χ1n) is 7.07. The number of anilines is 2. The van der Waals surface area contributed by atoms with E-state index in [1.807, 2.05) is 6.07 Å². The lowest BCUT2D eigenvalue weighted by atomic mass is 9.78. The monoisotopic (exact) mass is 342 g/mol. The molecule has 5 N–H and O–H groups in total. The zero-order chi connectivity index (χ0) is 18.7. The fourth-order valence-corrected chi connectivity index (χ4v) is 2.37. The van der Waals surface area contributed by atoms with Crippen molar-refractivity contribution in [3.63, 3.8) is 0 Å². The van der Waals surface area contributed by atoms with E-state index in [2.05, 4.69) is 10.1 Å². The Labute approximate surface area is 143 Å². The molecule has 0 bridgehead atoms. The lowest BCUT2D eigenvalue weighted by Gasteiger charge is -2.15. The Kier molecular flexibility index (Phi) is 5.12. The van der Waals surface area contributed by atoms with Gasteiger partial charge in [0, 0.05) is 30.0 Å². The maximum absolute atomic E-state index is 12.0. The van der Waals surface area contributed by atoms with Crippen LogP contribution in [0.3, 0.4) is 0 Å². The number of esters is 1. The van der Waals surface area contributed by atoms with Gasteiger partial charge < -0.3 is 30.4 Å². The first-order valence-corrected chi connectivity index (χ1v) is 7.07. The predicted octanol–water partition coefficient (Wildman–Crippen LogP) is -0.644. The van der Waals surface area contributed by atoms with Crippen molar-refractivity contribution in [2.24, 2.45) is 0 Å². The van der Waals surface area contributed by atoms with Crippen LogP contribution in [-0.2, 0) is 9.53 Å². The second-order valence-corrected chi connectivity index (χ2v) is 5.11. The highest BCUT2D eigenvalue weighted by Crippen LogP contribution is 2.25. The minimum absolute atomic E-state index is 0.00380. The summed E-state index contributed by atoms with van der Waals surface area (Å²) in [6.07, 6.45) is 1.29. The van der Waals surface area contributed by atoms with E-state index in [0.29, 0.717) is 5.69 Å². The summed E-state index contributed by atoms with van der Waals surface area (Å²) < 4.78 is 5.92. The molecule has 0 aliphatic rings. The molecule has 25 heavy (non-hydrogen) atoms. The van der Waals surface area contributed by atoms with Crippen LogP contribution < -0.4 is 16.5 Å². The predicted molar refractivity (Wildman–Crippen MR) is 90.4 cm³/mol. The molecular formula is C15H15BN4O5. The summed E-state index contributed by atoms with van der Waals surface area (Å²) in [5, 5.41) is 31.0. The van der Waals surface area contributed by atoms with Crippen LogP contribution in [0.5, 0.6) is 0 Å². The van der Waals surface area contributed by atoms with Crippen LogP contribution in [0.4, 0.5) is 11.4 Å². The first kappa shape index (κ1) is 18.1. The van der Waals surface area contributed by atoms with Crippen molar-refractivity contribution >= 4 is 35.8 Å². The number of amides is 1. The molecule has 1 aromatic heterocycles. The molecule has 0 saturated heterocycles. The van der Waals surface area contributed by atoms with Crippen LogP contribution in [0, 0.1) is 11.3 Å². The Bertz CT molecular complexity index is 885. The van der Waals surface area contributed by atoms with E-state index in [0.717, 1.165) is 7.11 Å². The molecule has 2 aromatic rings. The van der Waals surface area contributed by atoms with Crippen molar-refractivity contribution < 1.29 is 24.4 Å². The Morgan fingerprint density at radius 3 is 2.60 bits per heavy atom. The van der Waals surface area contributed by atoms with Gasteiger partial charge in [-0.25, -0.2) is 4.79 Å². The maximum Gasteiger partial charge on any atom is 0.490 e. The Morgan fingerprint density at radius 1 is 1.40 bits per heavy atom. The van der Waals surface area contributed by atoms with Crippen LogP contribution >= 0.6 is 0 Å². The number of nitrogens with one attached hydrogen (secondary N) is 1. The summed E-state index contributed by atoms with van der Waals surface area (Å²) in [6, 6.07) is 6.15. The smallest absolute Gasteiger partial charge is 0.464 e. The van der Waals surface area contributed by atoms with Crippen LogP contribution in [0.2, 0.25) is 0 Å². The van der Waals surface area contributed by atoms with Crippen molar-refractivity contribution in [2.75, 3.05) is 18.2 Å². The summed E-state index contributed by atoms with van der Waals surface area (Å²) in [7, 11) is -0.740. The Balaban J connectivity index is 2.71. The van der Waals surface area contributed by atoms with Crippen molar-refractivity contribution in [3.05, 3.63) is 35.7 Å². The van der Waals surface area contributed by atoms with Gasteiger partial charge in [-0.1, -0.05) is 0 Å². The molecule has 0 radical (unpaired) electrons. The number of carbonyl (C=O) groups excluding carboxylic acids is 2. The Hall–Kier alpha value is -3.29. The Morgan fingerprint density at radius 2 is 2.08 bits per heavy atom. The summed E-state index contributed by atoms with van der Waals surface area (Å²) in [6.45, 7) is 1.31. The summed E-state index contributed by atoms with van der Waals surface area (Å²) >= 11 is 0. The minimum atomic E-state index is -1.90. The van der Waals surface area contributed by atoms with E-state index >= 15 is 0 Å². The second-order valence-electron chi connectivity index (χ2n) is 5.11. The quantitative estimate of drug-likeness (QED) is 0.426. The van der Waals surface area contributed by atoms with Gasteiger partial charge in [-0.15, -0.1) is 0 Å². The summed E-state index contributed by atoms with van der Waals surface area (Å²) in [5.74, 6) is -1.12. The number of rotatable bonds is 4. The standard InChI is InChI=1S/C15H15BN4O5/c1-8(21)19-10-3-4-12(11(5-10)16(23)24)20-7-9(6-17)13(18)14(20)15(22)25-2/h3-5,7,23-24H,18H2,1-2H3,(H,19,21). The number of carbonyl (C=O) groups is 2. The number of hydrogen-bond donors (Lipinski definition) is 4. The first-order chi connectivity index (χ1) is 11.8. The van der Waals surface area contributed by atoms with E-state index in [1.54, 1.807) is 0 Å². The molecule has 0 aliphatic carbocycles. The number of ether oxygens (including phenoxy) is 1. The second kappa shape index (κ2) is 7.08. The number of benzene rings is 1. The van der Waals surface area contributed by atoms with E-state index in [4.69, 9.17) is 11.0 Å². The van der Waals surface area contributed by atoms with Crippen LogP contribution in [0.1, 0.15) is 23.0 Å². The minimum Gasteiger partial charge on any atom is -0.464 e. The van der Waals surface area contributed by atoms with Crippen molar-refractivity contribution in [3.8, 4) is 11.8 Å². The molecule has 1 aromatic carbocycles. The third kappa shape index (κ3) is 3.47. The zero-order valence-corrected chi connectivity index (χ0v) is 13.5. The van der Waals surface area contributed by atoms with Gasteiger partial charge in [0.2, 0.25) is 5.91 Å². The van der Waals surface area contributed by atoms with Gasteiger partial charge in [0.25, 0.3) is 0 Å². The lowest BCUT2D eigenvalue weighted by Crippen LogP contribution is -2.34. The fraction of sp³-hybridized carbons (Fsp3) is 0.133. The lowest BCUT2D eigenvalue weighted by molar-refractivity contribution is -0.114. The molecule has 0 unspecified atom stereocenters. The number of hydrogen-bond acceptors (Lipinski definition) is 7. The van der Waals surface area contributed by atoms with Gasteiger partial charge in [0.15, 0.2) is 5.69 Å². The number of aromatic nitrogens is 1. The van der Waals surface area contributed by atoms with Crippen molar-refractivity contribution in [1.29, 1.82) is 5.26 Å². The molecule has 2 rings (SSSR count). The van der Waals surface area contributed by atoms with Gasteiger partial charge in [0.1, 0.15) is 6.07 Å². The number of nitrogen functional groups attached to an aromatic ring is 1. The normalized spacial score (nSPS) is 10.0. The molecular weight excluding hydrogens is 327 g/mol. The maximum atomic E-state index is 12.0. The van der Waals surface area contributed by atoms with E-state index in [9.17, 15) is 19.6 Å². The van der Waals surface area contributed by atoms with Crippen molar-refractivity contribution in [1.82, 2.24) is 4.57 Å². The van der Waals surface area contributed by atoms with Gasteiger partial charge >= 0.3 is 13.1 Å². The fourth-order valence-electron chi connectivity index (χ4n) is 2.37. The number of nitrogens with zero attached hydrogens (tertiary/aromatic N) is 2. The van der Waals surface area contributed by atoms with Crippen LogP contribution in [0.25, 0.3) is 5.69 Å².